The highest BCUT2D eigenvalue weighted by Crippen LogP contribution is 2.37. The molecule has 5 atom stereocenters. The van der Waals surface area contributed by atoms with E-state index in [0.29, 0.717) is 5.69 Å². The fourth-order valence-electron chi connectivity index (χ4n) is 3.82. The smallest absolute Gasteiger partial charge is 0.325 e. The number of amides is 3. The predicted molar refractivity (Wildman–Crippen MR) is 136 cm³/mol. The van der Waals surface area contributed by atoms with Gasteiger partial charge in [-0.25, -0.2) is 0 Å². The molecule has 16 heteroatoms. The molecule has 2 aliphatic heterocycles. The van der Waals surface area contributed by atoms with Gasteiger partial charge in [0.25, 0.3) is 11.8 Å². The van der Waals surface area contributed by atoms with Crippen molar-refractivity contribution in [3.63, 3.8) is 0 Å². The largest absolute Gasteiger partial charge is 0.462 e. The van der Waals surface area contributed by atoms with Crippen molar-refractivity contribution < 1.29 is 63.0 Å². The average molecular weight is 589 g/mol. The summed E-state index contributed by atoms with van der Waals surface area (Å²) in [5.74, 6) is -0.855. The SMILES string of the molecule is O=C(CCOCCOCCN1C(=O)C=CC1=O)Nc1ccc(O[C@H]2O[C@H](CCP(=O)(O)O)[C@@H](O)[C@H](O)[C@@H]2O)cc1. The Morgan fingerprint density at radius 3 is 2.17 bits per heavy atom. The molecule has 1 aromatic carbocycles. The number of aliphatic hydroxyl groups excluding tert-OH is 3. The maximum Gasteiger partial charge on any atom is 0.325 e. The van der Waals surface area contributed by atoms with E-state index in [1.165, 1.54) is 36.4 Å². The maximum atomic E-state index is 12.1. The molecule has 222 valence electrons. The third-order valence-electron chi connectivity index (χ3n) is 5.97. The zero-order chi connectivity index (χ0) is 29.3. The number of nitrogens with zero attached hydrogens (tertiary/aromatic N) is 1. The summed E-state index contributed by atoms with van der Waals surface area (Å²) in [5, 5.41) is 33.0. The second-order valence-corrected chi connectivity index (χ2v) is 10.8. The van der Waals surface area contributed by atoms with Crippen LogP contribution in [0.2, 0.25) is 0 Å². The lowest BCUT2D eigenvalue weighted by atomic mass is 9.97. The fraction of sp³-hybridized carbons (Fsp3) is 0.542. The normalized spacial score (nSPS) is 24.9. The molecule has 2 heterocycles. The lowest BCUT2D eigenvalue weighted by molar-refractivity contribution is -0.272. The molecule has 2 aliphatic rings. The van der Waals surface area contributed by atoms with Crippen molar-refractivity contribution in [1.29, 1.82) is 0 Å². The molecule has 40 heavy (non-hydrogen) atoms. The van der Waals surface area contributed by atoms with Gasteiger partial charge in [-0.1, -0.05) is 0 Å². The molecule has 0 radical (unpaired) electrons. The first kappa shape index (κ1) is 31.8. The van der Waals surface area contributed by atoms with Gasteiger partial charge < -0.3 is 49.4 Å². The summed E-state index contributed by atoms with van der Waals surface area (Å²) in [6.45, 7) is 0.912. The van der Waals surface area contributed by atoms with Crippen LogP contribution >= 0.6 is 7.60 Å². The van der Waals surface area contributed by atoms with Crippen LogP contribution in [0.15, 0.2) is 36.4 Å². The Balaban J connectivity index is 1.33. The van der Waals surface area contributed by atoms with Gasteiger partial charge in [0.2, 0.25) is 12.2 Å². The van der Waals surface area contributed by atoms with Crippen LogP contribution in [0.3, 0.4) is 0 Å². The van der Waals surface area contributed by atoms with E-state index in [0.717, 1.165) is 4.90 Å². The molecule has 0 saturated carbocycles. The first-order valence-corrected chi connectivity index (χ1v) is 14.2. The highest BCUT2D eigenvalue weighted by Gasteiger charge is 2.45. The molecule has 0 unspecified atom stereocenters. The molecule has 3 rings (SSSR count). The number of ether oxygens (including phenoxy) is 4. The molecular weight excluding hydrogens is 555 g/mol. The van der Waals surface area contributed by atoms with Gasteiger partial charge in [0.1, 0.15) is 24.1 Å². The van der Waals surface area contributed by atoms with Gasteiger partial charge in [0.15, 0.2) is 0 Å². The minimum atomic E-state index is -4.37. The van der Waals surface area contributed by atoms with Crippen molar-refractivity contribution in [2.24, 2.45) is 0 Å². The Kier molecular flexibility index (Phi) is 11.7. The first-order chi connectivity index (χ1) is 18.9. The van der Waals surface area contributed by atoms with Crippen LogP contribution in [-0.2, 0) is 33.2 Å². The average Bonchev–Trinajstić information content (AvgIpc) is 3.22. The summed E-state index contributed by atoms with van der Waals surface area (Å²) in [6.07, 6.45) is -5.81. The molecular formula is C24H33N2O13P. The second kappa shape index (κ2) is 14.8. The number of carbonyl (C=O) groups excluding carboxylic acids is 3. The van der Waals surface area contributed by atoms with Crippen molar-refractivity contribution in [3.8, 4) is 5.75 Å². The van der Waals surface area contributed by atoms with Crippen molar-refractivity contribution >= 4 is 31.0 Å². The van der Waals surface area contributed by atoms with E-state index in [9.17, 15) is 34.3 Å². The van der Waals surface area contributed by atoms with Gasteiger partial charge in [-0.3, -0.25) is 23.8 Å². The molecule has 0 bridgehead atoms. The zero-order valence-corrected chi connectivity index (χ0v) is 22.3. The number of carbonyl (C=O) groups is 3. The Bertz CT molecular complexity index is 1070. The molecule has 15 nitrogen and oxygen atoms in total. The molecule has 6 N–H and O–H groups in total. The van der Waals surface area contributed by atoms with Crippen LogP contribution in [0, 0.1) is 0 Å². The fourth-order valence-corrected chi connectivity index (χ4v) is 4.41. The van der Waals surface area contributed by atoms with Crippen LogP contribution in [-0.4, -0.2) is 118 Å². The van der Waals surface area contributed by atoms with Gasteiger partial charge in [-0.15, -0.1) is 0 Å². The number of rotatable bonds is 15. The molecule has 0 aromatic heterocycles. The summed E-state index contributed by atoms with van der Waals surface area (Å²) in [7, 11) is -4.37. The van der Waals surface area contributed by atoms with Crippen LogP contribution in [0.25, 0.3) is 0 Å². The standard InChI is InChI=1S/C24H33N2O13P/c27-18(7-10-36-12-13-37-11-9-26-19(28)5-6-20(26)29)25-15-1-3-16(4-2-15)38-24-23(32)22(31)21(30)17(39-24)8-14-40(33,34)35/h1-6,17,21-24,30-32H,7-14H2,(H,25,27)(H2,33,34,35)/t17-,21-,22+,23+,24+/m1/s1. The number of benzene rings is 1. The Labute approximate surface area is 229 Å². The van der Waals surface area contributed by atoms with Gasteiger partial charge in [0, 0.05) is 17.8 Å². The second-order valence-electron chi connectivity index (χ2n) is 9.02. The van der Waals surface area contributed by atoms with E-state index < -0.39 is 44.5 Å². The lowest BCUT2D eigenvalue weighted by Crippen LogP contribution is -2.59. The van der Waals surface area contributed by atoms with E-state index in [1.807, 2.05) is 0 Å². The van der Waals surface area contributed by atoms with Crippen molar-refractivity contribution in [1.82, 2.24) is 4.90 Å². The molecule has 0 aliphatic carbocycles. The van der Waals surface area contributed by atoms with Gasteiger partial charge in [0.05, 0.1) is 51.7 Å². The number of aliphatic hydroxyl groups is 3. The zero-order valence-electron chi connectivity index (χ0n) is 21.4. The minimum Gasteiger partial charge on any atom is -0.462 e. The van der Waals surface area contributed by atoms with Gasteiger partial charge in [-0.05, 0) is 30.7 Å². The molecule has 1 fully saturated rings. The summed E-state index contributed by atoms with van der Waals surface area (Å²) >= 11 is 0. The molecule has 1 saturated heterocycles. The predicted octanol–water partition coefficient (Wildman–Crippen LogP) is -1.27. The molecule has 1 aromatic rings. The summed E-state index contributed by atoms with van der Waals surface area (Å²) in [4.78, 5) is 54.2. The van der Waals surface area contributed by atoms with Crippen LogP contribution < -0.4 is 10.1 Å². The molecule has 0 spiro atoms. The van der Waals surface area contributed by atoms with E-state index in [1.54, 1.807) is 0 Å². The first-order valence-electron chi connectivity index (χ1n) is 12.4. The van der Waals surface area contributed by atoms with Crippen molar-refractivity contribution in [2.45, 2.75) is 43.5 Å². The Morgan fingerprint density at radius 2 is 1.55 bits per heavy atom. The third-order valence-corrected chi connectivity index (χ3v) is 6.81. The number of imide groups is 1. The highest BCUT2D eigenvalue weighted by atomic mass is 31.2. The topological polar surface area (TPSA) is 222 Å². The van der Waals surface area contributed by atoms with E-state index in [2.05, 4.69) is 5.32 Å². The minimum absolute atomic E-state index is 0.0685. The Morgan fingerprint density at radius 1 is 0.925 bits per heavy atom. The van der Waals surface area contributed by atoms with E-state index in [-0.39, 0.29) is 69.3 Å². The Hall–Kier alpha value is -2.72. The van der Waals surface area contributed by atoms with Gasteiger partial charge in [-0.2, -0.15) is 0 Å². The van der Waals surface area contributed by atoms with Crippen LogP contribution in [0.4, 0.5) is 5.69 Å². The third kappa shape index (κ3) is 9.73. The molecule has 3 amide bonds. The van der Waals surface area contributed by atoms with E-state index in [4.69, 9.17) is 28.7 Å². The number of hydrogen-bond donors (Lipinski definition) is 6. The van der Waals surface area contributed by atoms with Gasteiger partial charge >= 0.3 is 7.60 Å². The summed E-state index contributed by atoms with van der Waals surface area (Å²) in [6, 6.07) is 6.00. The highest BCUT2D eigenvalue weighted by molar-refractivity contribution is 7.51. The number of nitrogens with one attached hydrogen (secondary N) is 1. The van der Waals surface area contributed by atoms with Crippen LogP contribution in [0.5, 0.6) is 5.75 Å². The van der Waals surface area contributed by atoms with Crippen molar-refractivity contribution in [3.05, 3.63) is 36.4 Å². The summed E-state index contributed by atoms with van der Waals surface area (Å²) in [5.41, 5.74) is 0.446. The quantitative estimate of drug-likeness (QED) is 0.0800. The maximum absolute atomic E-state index is 12.1. The lowest BCUT2D eigenvalue weighted by Gasteiger charge is -2.40. The number of anilines is 1. The van der Waals surface area contributed by atoms with Crippen LogP contribution in [0.1, 0.15) is 12.8 Å². The van der Waals surface area contributed by atoms with Crippen molar-refractivity contribution in [2.75, 3.05) is 44.5 Å². The number of hydrogen-bond acceptors (Lipinski definition) is 11. The monoisotopic (exact) mass is 588 g/mol. The summed E-state index contributed by atoms with van der Waals surface area (Å²) < 4.78 is 32.8. The van der Waals surface area contributed by atoms with E-state index >= 15 is 0 Å².